The maximum absolute atomic E-state index is 11.5. The number of carbonyl (C=O) groups is 1. The third kappa shape index (κ3) is 3.37. The van der Waals surface area contributed by atoms with Crippen molar-refractivity contribution in [3.63, 3.8) is 0 Å². The van der Waals surface area contributed by atoms with Crippen LogP contribution in [0.5, 0.6) is 5.75 Å². The van der Waals surface area contributed by atoms with Gasteiger partial charge in [-0.1, -0.05) is 12.1 Å². The molecule has 3 aromatic rings. The first-order valence-corrected chi connectivity index (χ1v) is 8.21. The van der Waals surface area contributed by atoms with E-state index in [1.165, 1.54) is 0 Å². The lowest BCUT2D eigenvalue weighted by atomic mass is 10.1. The van der Waals surface area contributed by atoms with Gasteiger partial charge in [0.15, 0.2) is 0 Å². The number of carboxylic acid groups (broad SMARTS) is 1. The third-order valence-electron chi connectivity index (χ3n) is 4.27. The molecule has 0 aliphatic heterocycles. The molecule has 1 aromatic heterocycles. The summed E-state index contributed by atoms with van der Waals surface area (Å²) in [5.74, 6) is -0.158. The number of carboxylic acids is 1. The number of ether oxygens (including phenoxy) is 1. The molecule has 5 nitrogen and oxygen atoms in total. The van der Waals surface area contributed by atoms with E-state index >= 15 is 0 Å². The van der Waals surface area contributed by atoms with Crippen molar-refractivity contribution in [1.29, 1.82) is 0 Å². The Labute approximate surface area is 152 Å². The monoisotopic (exact) mass is 348 g/mol. The van der Waals surface area contributed by atoms with Crippen molar-refractivity contribution in [1.82, 2.24) is 4.57 Å². The number of aromatic nitrogens is 1. The van der Waals surface area contributed by atoms with Gasteiger partial charge in [0.05, 0.1) is 24.0 Å². The fraction of sp³-hybridized carbons (Fsp3) is 0.143. The Hall–Kier alpha value is -3.34. The quantitative estimate of drug-likeness (QED) is 0.688. The number of hydrogen-bond donors (Lipinski definition) is 1. The zero-order valence-corrected chi connectivity index (χ0v) is 14.9. The highest BCUT2D eigenvalue weighted by molar-refractivity contribution is 5.92. The van der Waals surface area contributed by atoms with Gasteiger partial charge in [-0.3, -0.25) is 4.99 Å². The normalized spacial score (nSPS) is 11.0. The number of hydrogen-bond acceptors (Lipinski definition) is 3. The molecule has 3 rings (SSSR count). The average molecular weight is 348 g/mol. The number of aryl methyl sites for hydroxylation is 1. The molecular weight excluding hydrogens is 328 g/mol. The Balaban J connectivity index is 1.98. The van der Waals surface area contributed by atoms with Crippen LogP contribution in [-0.4, -0.2) is 29.0 Å². The van der Waals surface area contributed by atoms with E-state index in [1.807, 2.05) is 60.9 Å². The van der Waals surface area contributed by atoms with E-state index in [0.29, 0.717) is 5.69 Å². The second-order valence-electron chi connectivity index (χ2n) is 5.94. The van der Waals surface area contributed by atoms with E-state index in [9.17, 15) is 9.90 Å². The summed E-state index contributed by atoms with van der Waals surface area (Å²) in [7, 11) is 1.63. The molecule has 132 valence electrons. The van der Waals surface area contributed by atoms with Gasteiger partial charge in [-0.15, -0.1) is 0 Å². The standard InChI is InChI=1S/C21H20N2O3/c1-14-12-16(13-22-17-8-10-18(26-3)11-9-17)15(2)23(14)20-7-5-4-6-19(20)21(24)25/h4-13H,1-3H3,(H,24,25). The molecule has 0 aliphatic rings. The summed E-state index contributed by atoms with van der Waals surface area (Å²) in [6.07, 6.45) is 1.80. The van der Waals surface area contributed by atoms with E-state index in [0.717, 1.165) is 28.4 Å². The fourth-order valence-electron chi connectivity index (χ4n) is 2.95. The van der Waals surface area contributed by atoms with Crippen LogP contribution < -0.4 is 4.74 Å². The first-order chi connectivity index (χ1) is 12.5. The number of aliphatic imine (C=N–C) groups is 1. The summed E-state index contributed by atoms with van der Waals surface area (Å²) in [5.41, 5.74) is 4.58. The Morgan fingerprint density at radius 3 is 2.46 bits per heavy atom. The number of nitrogens with zero attached hydrogens (tertiary/aromatic N) is 2. The van der Waals surface area contributed by atoms with Crippen molar-refractivity contribution in [3.8, 4) is 11.4 Å². The minimum absolute atomic E-state index is 0.271. The Bertz CT molecular complexity index is 969. The lowest BCUT2D eigenvalue weighted by Crippen LogP contribution is -2.07. The van der Waals surface area contributed by atoms with Gasteiger partial charge in [0.2, 0.25) is 0 Å². The van der Waals surface area contributed by atoms with E-state index in [-0.39, 0.29) is 5.56 Å². The molecule has 1 N–H and O–H groups in total. The number of aromatic carboxylic acids is 1. The van der Waals surface area contributed by atoms with Crippen molar-refractivity contribution < 1.29 is 14.6 Å². The summed E-state index contributed by atoms with van der Waals surface area (Å²) in [6, 6.07) is 16.5. The largest absolute Gasteiger partial charge is 0.497 e. The van der Waals surface area contributed by atoms with Crippen LogP contribution in [0.1, 0.15) is 27.3 Å². The van der Waals surface area contributed by atoms with E-state index in [2.05, 4.69) is 4.99 Å². The highest BCUT2D eigenvalue weighted by atomic mass is 16.5. The average Bonchev–Trinajstić information content (AvgIpc) is 2.93. The molecule has 0 atom stereocenters. The van der Waals surface area contributed by atoms with Crippen LogP contribution in [0.4, 0.5) is 5.69 Å². The molecule has 26 heavy (non-hydrogen) atoms. The molecule has 0 bridgehead atoms. The molecule has 0 spiro atoms. The van der Waals surface area contributed by atoms with E-state index in [1.54, 1.807) is 25.5 Å². The van der Waals surface area contributed by atoms with Crippen molar-refractivity contribution >= 4 is 17.9 Å². The van der Waals surface area contributed by atoms with Gasteiger partial charge < -0.3 is 14.4 Å². The molecule has 5 heteroatoms. The summed E-state index contributed by atoms with van der Waals surface area (Å²) >= 11 is 0. The number of benzene rings is 2. The zero-order valence-electron chi connectivity index (χ0n) is 14.9. The molecule has 0 unspecified atom stereocenters. The minimum Gasteiger partial charge on any atom is -0.497 e. The summed E-state index contributed by atoms with van der Waals surface area (Å²) < 4.78 is 7.09. The van der Waals surface area contributed by atoms with Gasteiger partial charge in [-0.2, -0.15) is 0 Å². The Kier molecular flexibility index (Phi) is 4.89. The van der Waals surface area contributed by atoms with Crippen LogP contribution in [0.3, 0.4) is 0 Å². The molecule has 0 saturated carbocycles. The summed E-state index contributed by atoms with van der Waals surface area (Å²) in [6.45, 7) is 3.91. The number of methoxy groups -OCH3 is 1. The van der Waals surface area contributed by atoms with Crippen LogP contribution in [0.25, 0.3) is 5.69 Å². The van der Waals surface area contributed by atoms with Crippen molar-refractivity contribution in [2.24, 2.45) is 4.99 Å². The molecule has 1 heterocycles. The first-order valence-electron chi connectivity index (χ1n) is 8.21. The maximum atomic E-state index is 11.5. The Morgan fingerprint density at radius 1 is 1.12 bits per heavy atom. The van der Waals surface area contributed by atoms with Crippen LogP contribution in [-0.2, 0) is 0 Å². The topological polar surface area (TPSA) is 63.8 Å². The highest BCUT2D eigenvalue weighted by Gasteiger charge is 2.15. The third-order valence-corrected chi connectivity index (χ3v) is 4.27. The predicted molar refractivity (Wildman–Crippen MR) is 102 cm³/mol. The smallest absolute Gasteiger partial charge is 0.337 e. The highest BCUT2D eigenvalue weighted by Crippen LogP contribution is 2.24. The molecule has 0 aliphatic carbocycles. The lowest BCUT2D eigenvalue weighted by molar-refractivity contribution is 0.0697. The van der Waals surface area contributed by atoms with Gasteiger partial charge in [-0.05, 0) is 56.3 Å². The molecule has 0 radical (unpaired) electrons. The molecule has 0 amide bonds. The molecule has 2 aromatic carbocycles. The van der Waals surface area contributed by atoms with Crippen LogP contribution in [0.2, 0.25) is 0 Å². The molecule has 0 saturated heterocycles. The van der Waals surface area contributed by atoms with Gasteiger partial charge in [0.25, 0.3) is 0 Å². The van der Waals surface area contributed by atoms with Crippen LogP contribution >= 0.6 is 0 Å². The zero-order chi connectivity index (χ0) is 18.7. The Morgan fingerprint density at radius 2 is 1.81 bits per heavy atom. The van der Waals surface area contributed by atoms with Crippen LogP contribution in [0.15, 0.2) is 59.6 Å². The first kappa shape index (κ1) is 17.5. The fourth-order valence-corrected chi connectivity index (χ4v) is 2.95. The van der Waals surface area contributed by atoms with Crippen molar-refractivity contribution in [2.75, 3.05) is 7.11 Å². The molecule has 0 fully saturated rings. The van der Waals surface area contributed by atoms with Crippen molar-refractivity contribution in [2.45, 2.75) is 13.8 Å². The minimum atomic E-state index is -0.943. The summed E-state index contributed by atoms with van der Waals surface area (Å²) in [4.78, 5) is 16.0. The second kappa shape index (κ2) is 7.27. The summed E-state index contributed by atoms with van der Waals surface area (Å²) in [5, 5.41) is 9.46. The van der Waals surface area contributed by atoms with E-state index < -0.39 is 5.97 Å². The maximum Gasteiger partial charge on any atom is 0.337 e. The van der Waals surface area contributed by atoms with Crippen LogP contribution in [0, 0.1) is 13.8 Å². The number of rotatable bonds is 5. The van der Waals surface area contributed by atoms with E-state index in [4.69, 9.17) is 4.74 Å². The van der Waals surface area contributed by atoms with Gasteiger partial charge in [0.1, 0.15) is 5.75 Å². The SMILES string of the molecule is COc1ccc(N=Cc2cc(C)n(-c3ccccc3C(=O)O)c2C)cc1. The van der Waals surface area contributed by atoms with Gasteiger partial charge in [-0.25, -0.2) is 4.79 Å². The van der Waals surface area contributed by atoms with Crippen molar-refractivity contribution in [3.05, 3.63) is 77.1 Å². The number of para-hydroxylation sites is 1. The van der Waals surface area contributed by atoms with Gasteiger partial charge >= 0.3 is 5.97 Å². The lowest BCUT2D eigenvalue weighted by Gasteiger charge is -2.12. The second-order valence-corrected chi connectivity index (χ2v) is 5.94. The predicted octanol–water partition coefficient (Wildman–Crippen LogP) is 4.55. The molecular formula is C21H20N2O3. The van der Waals surface area contributed by atoms with Gasteiger partial charge in [0, 0.05) is 23.2 Å².